The molecule has 0 radical (unpaired) electrons. The highest BCUT2D eigenvalue weighted by Gasteiger charge is 2.66. The number of carbonyl (C=O) groups excluding carboxylic acids is 1. The van der Waals surface area contributed by atoms with Gasteiger partial charge in [0.15, 0.2) is 5.78 Å². The van der Waals surface area contributed by atoms with Crippen LogP contribution in [0.3, 0.4) is 0 Å². The van der Waals surface area contributed by atoms with Crippen molar-refractivity contribution >= 4 is 5.78 Å². The van der Waals surface area contributed by atoms with E-state index in [1.54, 1.807) is 0 Å². The molecule has 1 N–H and O–H groups in total. The number of hydrogen-bond acceptors (Lipinski definition) is 2. The lowest BCUT2D eigenvalue weighted by Gasteiger charge is -2.63. The number of hydrogen-bond donors (Lipinski definition) is 1. The van der Waals surface area contributed by atoms with Crippen LogP contribution in [0.5, 0.6) is 0 Å². The maximum atomic E-state index is 12.1. The van der Waals surface area contributed by atoms with Gasteiger partial charge in [-0.2, -0.15) is 0 Å². The Labute approximate surface area is 157 Å². The molecule has 138 valence electrons. The molecular weight excluding hydrogens is 320 g/mol. The van der Waals surface area contributed by atoms with Crippen LogP contribution in [0.2, 0.25) is 0 Å². The van der Waals surface area contributed by atoms with Crippen molar-refractivity contribution in [2.24, 2.45) is 34.5 Å². The molecule has 0 unspecified atom stereocenters. The van der Waals surface area contributed by atoms with Crippen LogP contribution in [0.25, 0.3) is 0 Å². The van der Waals surface area contributed by atoms with E-state index in [4.69, 9.17) is 0 Å². The van der Waals surface area contributed by atoms with Gasteiger partial charge in [0, 0.05) is 17.3 Å². The van der Waals surface area contributed by atoms with Gasteiger partial charge >= 0.3 is 0 Å². The molecule has 0 aliphatic heterocycles. The summed E-state index contributed by atoms with van der Waals surface area (Å²) in [5.74, 6) is 9.09. The van der Waals surface area contributed by atoms with Crippen molar-refractivity contribution in [2.75, 3.05) is 0 Å². The topological polar surface area (TPSA) is 37.3 Å². The van der Waals surface area contributed by atoms with E-state index in [1.165, 1.54) is 12.0 Å². The number of fused-ring (bicyclic) bond motifs is 2. The Kier molecular flexibility index (Phi) is 3.46. The molecule has 0 saturated heterocycles. The number of rotatable bonds is 0. The lowest BCUT2D eigenvalue weighted by molar-refractivity contribution is -0.129. The third-order valence-corrected chi connectivity index (χ3v) is 9.00. The molecule has 5 aliphatic rings. The fourth-order valence-electron chi connectivity index (χ4n) is 8.03. The smallest absolute Gasteiger partial charge is 0.155 e. The monoisotopic (exact) mass is 350 g/mol. The van der Waals surface area contributed by atoms with E-state index in [2.05, 4.69) is 30.9 Å². The van der Waals surface area contributed by atoms with Gasteiger partial charge in [0.1, 0.15) is 5.60 Å². The van der Waals surface area contributed by atoms with Crippen molar-refractivity contribution in [1.29, 1.82) is 0 Å². The van der Waals surface area contributed by atoms with E-state index in [1.807, 2.05) is 13.0 Å². The zero-order valence-electron chi connectivity index (χ0n) is 16.1. The first-order valence-electron chi connectivity index (χ1n) is 10.5. The highest BCUT2D eigenvalue weighted by Crippen LogP contribution is 2.70. The molecule has 0 amide bonds. The van der Waals surface area contributed by atoms with Crippen LogP contribution >= 0.6 is 0 Å². The molecule has 0 aromatic rings. The van der Waals surface area contributed by atoms with Gasteiger partial charge in [-0.1, -0.05) is 30.6 Å². The second-order valence-electron chi connectivity index (χ2n) is 9.80. The summed E-state index contributed by atoms with van der Waals surface area (Å²) in [6, 6.07) is 0. The van der Waals surface area contributed by atoms with Crippen molar-refractivity contribution in [1.82, 2.24) is 0 Å². The van der Waals surface area contributed by atoms with Gasteiger partial charge in [0.2, 0.25) is 0 Å². The molecule has 0 heterocycles. The maximum Gasteiger partial charge on any atom is 0.155 e. The van der Waals surface area contributed by atoms with E-state index in [9.17, 15) is 9.90 Å². The zero-order chi connectivity index (χ0) is 18.2. The lowest BCUT2D eigenvalue weighted by atomic mass is 9.41. The standard InChI is InChI=1S/C24H30O2/c1-3-10-24(26)13-9-20-19-7-6-17-14-18(25)8-12-23(17)11-4-5-16(21(19)23)15-22(20,24)2/h4,11,14,16,19-21,26H,5-9,12-13,15H2,1-2H3/t16-,19-,20-,21-,22-,23-,24-/m0/s1. The van der Waals surface area contributed by atoms with Crippen LogP contribution in [0.1, 0.15) is 65.2 Å². The minimum atomic E-state index is -0.815. The van der Waals surface area contributed by atoms with Crippen molar-refractivity contribution in [3.8, 4) is 11.8 Å². The third kappa shape index (κ3) is 1.91. The minimum Gasteiger partial charge on any atom is -0.377 e. The lowest BCUT2D eigenvalue weighted by Crippen LogP contribution is -2.58. The van der Waals surface area contributed by atoms with Crippen LogP contribution in [0.4, 0.5) is 0 Å². The summed E-state index contributed by atoms with van der Waals surface area (Å²) in [5, 5.41) is 11.5. The molecule has 2 nitrogen and oxygen atoms in total. The average Bonchev–Trinajstić information content (AvgIpc) is 2.87. The van der Waals surface area contributed by atoms with Crippen LogP contribution in [-0.4, -0.2) is 16.5 Å². The Morgan fingerprint density at radius 1 is 1.23 bits per heavy atom. The molecule has 2 heteroatoms. The predicted molar refractivity (Wildman–Crippen MR) is 102 cm³/mol. The molecule has 5 rings (SSSR count). The zero-order valence-corrected chi connectivity index (χ0v) is 16.1. The predicted octanol–water partition coefficient (Wildman–Crippen LogP) is 4.44. The Bertz CT molecular complexity index is 780. The number of allylic oxidation sites excluding steroid dienone is 3. The fourth-order valence-corrected chi connectivity index (χ4v) is 8.03. The van der Waals surface area contributed by atoms with Crippen LogP contribution < -0.4 is 0 Å². The Balaban J connectivity index is 1.61. The van der Waals surface area contributed by atoms with Crippen molar-refractivity contribution < 1.29 is 9.90 Å². The minimum absolute atomic E-state index is 0.0834. The molecule has 0 bridgehead atoms. The molecule has 1 spiro atoms. The van der Waals surface area contributed by atoms with Gasteiger partial charge in [-0.3, -0.25) is 4.79 Å². The van der Waals surface area contributed by atoms with Crippen LogP contribution in [0, 0.1) is 46.3 Å². The van der Waals surface area contributed by atoms with E-state index in [0.29, 0.717) is 35.9 Å². The van der Waals surface area contributed by atoms with Crippen molar-refractivity contribution in [3.63, 3.8) is 0 Å². The summed E-state index contributed by atoms with van der Waals surface area (Å²) in [7, 11) is 0. The number of aliphatic hydroxyl groups is 1. The molecule has 0 aromatic carbocycles. The van der Waals surface area contributed by atoms with E-state index in [-0.39, 0.29) is 10.8 Å². The summed E-state index contributed by atoms with van der Waals surface area (Å²) in [5.41, 5.74) is 0.656. The Morgan fingerprint density at radius 3 is 2.88 bits per heavy atom. The fraction of sp³-hybridized carbons (Fsp3) is 0.708. The van der Waals surface area contributed by atoms with Gasteiger partial charge < -0.3 is 5.11 Å². The first-order chi connectivity index (χ1) is 12.4. The van der Waals surface area contributed by atoms with Crippen LogP contribution in [-0.2, 0) is 4.79 Å². The highest BCUT2D eigenvalue weighted by atomic mass is 16.3. The molecule has 7 atom stereocenters. The molecule has 5 aliphatic carbocycles. The molecule has 0 aromatic heterocycles. The summed E-state index contributed by atoms with van der Waals surface area (Å²) in [6.45, 7) is 4.18. The number of ketones is 1. The van der Waals surface area contributed by atoms with Gasteiger partial charge in [-0.05, 0) is 81.6 Å². The molecule has 3 fully saturated rings. The SMILES string of the molecule is CC#C[C@]1(O)CC[C@H]2[C@@H]3CCC4=CC(=O)CC[C@@]45C=CC[C@@H](C[C@@]21C)[C@@H]35. The average molecular weight is 351 g/mol. The van der Waals surface area contributed by atoms with E-state index >= 15 is 0 Å². The summed E-state index contributed by atoms with van der Waals surface area (Å²) in [6.07, 6.45) is 15.0. The first-order valence-corrected chi connectivity index (χ1v) is 10.5. The second kappa shape index (κ2) is 5.35. The van der Waals surface area contributed by atoms with Crippen LogP contribution in [0.15, 0.2) is 23.8 Å². The Morgan fingerprint density at radius 2 is 2.08 bits per heavy atom. The largest absolute Gasteiger partial charge is 0.377 e. The van der Waals surface area contributed by atoms with Crippen molar-refractivity contribution in [2.45, 2.75) is 70.8 Å². The van der Waals surface area contributed by atoms with Gasteiger partial charge in [0.05, 0.1) is 0 Å². The van der Waals surface area contributed by atoms with E-state index < -0.39 is 5.60 Å². The van der Waals surface area contributed by atoms with Gasteiger partial charge in [0.25, 0.3) is 0 Å². The maximum absolute atomic E-state index is 12.1. The van der Waals surface area contributed by atoms with Crippen molar-refractivity contribution in [3.05, 3.63) is 23.8 Å². The number of carbonyl (C=O) groups is 1. The van der Waals surface area contributed by atoms with Gasteiger partial charge in [-0.15, -0.1) is 5.92 Å². The third-order valence-electron chi connectivity index (χ3n) is 9.00. The summed E-state index contributed by atoms with van der Waals surface area (Å²) < 4.78 is 0. The molecule has 26 heavy (non-hydrogen) atoms. The highest BCUT2D eigenvalue weighted by molar-refractivity contribution is 5.92. The summed E-state index contributed by atoms with van der Waals surface area (Å²) in [4.78, 5) is 12.1. The normalized spacial score (nSPS) is 51.5. The molecule has 3 saturated carbocycles. The van der Waals surface area contributed by atoms with E-state index in [0.717, 1.165) is 38.5 Å². The van der Waals surface area contributed by atoms with Gasteiger partial charge in [-0.25, -0.2) is 0 Å². The summed E-state index contributed by atoms with van der Waals surface area (Å²) >= 11 is 0. The quantitative estimate of drug-likeness (QED) is 0.518. The first kappa shape index (κ1) is 16.8. The molecular formula is C24H30O2. The second-order valence-corrected chi connectivity index (χ2v) is 9.80. The Hall–Kier alpha value is -1.33.